The van der Waals surface area contributed by atoms with Gasteiger partial charge in [-0.05, 0) is 19.1 Å². The van der Waals surface area contributed by atoms with Crippen LogP contribution < -0.4 is 5.73 Å². The van der Waals surface area contributed by atoms with Crippen LogP contribution in [0.15, 0.2) is 12.1 Å². The highest BCUT2D eigenvalue weighted by Crippen LogP contribution is 2.17. The average molecular weight is 281 g/mol. The molecule has 18 heavy (non-hydrogen) atoms. The molecule has 0 aliphatic heterocycles. The van der Waals surface area contributed by atoms with Crippen molar-refractivity contribution in [2.24, 2.45) is 0 Å². The molecule has 0 atom stereocenters. The number of nitrogens with two attached hydrogens (primary N) is 1. The largest absolute Gasteiger partial charge is 0.465 e. The number of methoxy groups -OCH3 is 1. The minimum atomic E-state index is -4.67. The van der Waals surface area contributed by atoms with Gasteiger partial charge < -0.3 is 10.5 Å². The number of benzene rings is 1. The van der Waals surface area contributed by atoms with Crippen LogP contribution in [0.25, 0.3) is 0 Å². The minimum Gasteiger partial charge on any atom is -0.465 e. The first-order valence-electron chi connectivity index (χ1n) is 4.40. The fraction of sp³-hybridized carbons (Fsp3) is 0.222. The van der Waals surface area contributed by atoms with E-state index in [2.05, 4.69) is 4.74 Å². The van der Waals surface area contributed by atoms with E-state index in [1.807, 2.05) is 0 Å². The molecule has 7 nitrogen and oxygen atoms in total. The second-order valence-corrected chi connectivity index (χ2v) is 4.01. The maximum absolute atomic E-state index is 13.0. The molecule has 0 saturated heterocycles. The molecule has 0 radical (unpaired) electrons. The molecule has 1 aromatic rings. The van der Waals surface area contributed by atoms with Gasteiger partial charge in [-0.2, -0.15) is 8.42 Å². The van der Waals surface area contributed by atoms with Gasteiger partial charge in [-0.25, -0.2) is 9.18 Å². The number of carbonyl (C=O) groups is 1. The summed E-state index contributed by atoms with van der Waals surface area (Å²) in [5.74, 6) is -1.09. The van der Waals surface area contributed by atoms with Crippen LogP contribution in [0.5, 0.6) is 0 Å². The van der Waals surface area contributed by atoms with E-state index >= 15 is 0 Å². The van der Waals surface area contributed by atoms with Crippen molar-refractivity contribution < 1.29 is 31.4 Å². The fourth-order valence-electron chi connectivity index (χ4n) is 0.936. The minimum absolute atomic E-state index is 0.128. The van der Waals surface area contributed by atoms with Crippen LogP contribution >= 0.6 is 0 Å². The zero-order chi connectivity index (χ0) is 14.5. The van der Waals surface area contributed by atoms with Crippen molar-refractivity contribution in [1.82, 2.24) is 0 Å². The normalized spacial score (nSPS) is 10.3. The number of esters is 1. The van der Waals surface area contributed by atoms with Gasteiger partial charge in [0.15, 0.2) is 0 Å². The molecule has 0 unspecified atom stereocenters. The lowest BCUT2D eigenvalue weighted by molar-refractivity contribution is 0.0600. The molecule has 4 N–H and O–H groups in total. The fourth-order valence-corrected chi connectivity index (χ4v) is 0.936. The Labute approximate surface area is 103 Å². The van der Waals surface area contributed by atoms with Gasteiger partial charge in [0.2, 0.25) is 0 Å². The molecule has 1 rings (SSSR count). The van der Waals surface area contributed by atoms with Crippen LogP contribution in [0, 0.1) is 12.7 Å². The second kappa shape index (κ2) is 6.28. The van der Waals surface area contributed by atoms with E-state index in [1.165, 1.54) is 13.2 Å². The van der Waals surface area contributed by atoms with E-state index in [0.717, 1.165) is 6.07 Å². The number of rotatable bonds is 1. The molecule has 0 aliphatic rings. The Morgan fingerprint density at radius 3 is 2.17 bits per heavy atom. The van der Waals surface area contributed by atoms with Gasteiger partial charge >= 0.3 is 16.4 Å². The van der Waals surface area contributed by atoms with Crippen molar-refractivity contribution >= 4 is 22.1 Å². The third-order valence-electron chi connectivity index (χ3n) is 1.81. The molecule has 0 bridgehead atoms. The number of nitrogen functional groups attached to an aromatic ring is 1. The molecule has 0 heterocycles. The van der Waals surface area contributed by atoms with E-state index in [1.54, 1.807) is 6.92 Å². The van der Waals surface area contributed by atoms with Crippen LogP contribution in [0.2, 0.25) is 0 Å². The lowest BCUT2D eigenvalue weighted by atomic mass is 10.1. The highest BCUT2D eigenvalue weighted by Gasteiger charge is 2.10. The summed E-state index contributed by atoms with van der Waals surface area (Å²) in [6, 6.07) is 2.50. The monoisotopic (exact) mass is 281 g/mol. The van der Waals surface area contributed by atoms with Gasteiger partial charge in [-0.1, -0.05) is 0 Å². The Morgan fingerprint density at radius 1 is 1.39 bits per heavy atom. The van der Waals surface area contributed by atoms with E-state index in [4.69, 9.17) is 23.3 Å². The topological polar surface area (TPSA) is 127 Å². The summed E-state index contributed by atoms with van der Waals surface area (Å²) < 4.78 is 49.1. The summed E-state index contributed by atoms with van der Waals surface area (Å²) >= 11 is 0. The molecular formula is C9H12FNO6S. The van der Waals surface area contributed by atoms with Gasteiger partial charge in [0, 0.05) is 11.3 Å². The quantitative estimate of drug-likeness (QED) is 0.395. The molecule has 0 aliphatic carbocycles. The van der Waals surface area contributed by atoms with E-state index < -0.39 is 22.2 Å². The zero-order valence-electron chi connectivity index (χ0n) is 9.55. The first-order valence-corrected chi connectivity index (χ1v) is 5.79. The third kappa shape index (κ3) is 6.13. The summed E-state index contributed by atoms with van der Waals surface area (Å²) in [5.41, 5.74) is 6.18. The van der Waals surface area contributed by atoms with Crippen LogP contribution in [0.4, 0.5) is 10.1 Å². The predicted octanol–water partition coefficient (Wildman–Crippen LogP) is 0.850. The number of anilines is 1. The summed E-state index contributed by atoms with van der Waals surface area (Å²) in [6.07, 6.45) is 0. The molecule has 9 heteroatoms. The Balaban J connectivity index is 0.000000494. The maximum atomic E-state index is 13.0. The Kier molecular flexibility index (Phi) is 5.69. The van der Waals surface area contributed by atoms with Gasteiger partial charge in [0.05, 0.1) is 12.7 Å². The number of carbonyl (C=O) groups excluding carboxylic acids is 1. The summed E-state index contributed by atoms with van der Waals surface area (Å²) in [7, 11) is -3.43. The highest BCUT2D eigenvalue weighted by atomic mass is 32.3. The summed E-state index contributed by atoms with van der Waals surface area (Å²) in [4.78, 5) is 11.0. The third-order valence-corrected chi connectivity index (χ3v) is 1.81. The first kappa shape index (κ1) is 16.3. The second-order valence-electron chi connectivity index (χ2n) is 3.11. The SMILES string of the molecule is COC(=O)c1cc(N)c(C)c(F)c1.O=S(=O)(O)O. The lowest BCUT2D eigenvalue weighted by Crippen LogP contribution is -2.04. The van der Waals surface area contributed by atoms with Crippen molar-refractivity contribution in [1.29, 1.82) is 0 Å². The number of hydrogen-bond donors (Lipinski definition) is 3. The summed E-state index contributed by atoms with van der Waals surface area (Å²) in [5, 5.41) is 0. The van der Waals surface area contributed by atoms with Gasteiger partial charge in [-0.15, -0.1) is 0 Å². The predicted molar refractivity (Wildman–Crippen MR) is 61.1 cm³/mol. The van der Waals surface area contributed by atoms with Crippen LogP contribution in [-0.2, 0) is 15.1 Å². The highest BCUT2D eigenvalue weighted by molar-refractivity contribution is 7.79. The van der Waals surface area contributed by atoms with Crippen LogP contribution in [0.1, 0.15) is 15.9 Å². The zero-order valence-corrected chi connectivity index (χ0v) is 10.4. The van der Waals surface area contributed by atoms with Gasteiger partial charge in [-0.3, -0.25) is 9.11 Å². The maximum Gasteiger partial charge on any atom is 0.394 e. The van der Waals surface area contributed by atoms with Crippen molar-refractivity contribution in [3.05, 3.63) is 29.1 Å². The van der Waals surface area contributed by atoms with E-state index in [0.29, 0.717) is 5.56 Å². The number of ether oxygens (including phenoxy) is 1. The standard InChI is InChI=1S/C9H10FNO2.H2O4S/c1-5-7(10)3-6(4-8(5)11)9(12)13-2;1-5(2,3)4/h3-4H,11H2,1-2H3;(H2,1,2,3,4). The average Bonchev–Trinajstić information content (AvgIpc) is 2.21. The summed E-state index contributed by atoms with van der Waals surface area (Å²) in [6.45, 7) is 1.55. The number of halogens is 1. The Hall–Kier alpha value is -1.71. The molecule has 1 aromatic carbocycles. The van der Waals surface area contributed by atoms with Crippen molar-refractivity contribution in [3.8, 4) is 0 Å². The first-order chi connectivity index (χ1) is 8.06. The molecule has 0 amide bonds. The molecule has 0 aromatic heterocycles. The van der Waals surface area contributed by atoms with Crippen LogP contribution in [-0.4, -0.2) is 30.6 Å². The molecule has 0 saturated carbocycles. The van der Waals surface area contributed by atoms with E-state index in [9.17, 15) is 9.18 Å². The number of hydrogen-bond acceptors (Lipinski definition) is 5. The molecule has 0 spiro atoms. The van der Waals surface area contributed by atoms with Crippen molar-refractivity contribution in [2.45, 2.75) is 6.92 Å². The van der Waals surface area contributed by atoms with Crippen LogP contribution in [0.3, 0.4) is 0 Å². The molecule has 102 valence electrons. The smallest absolute Gasteiger partial charge is 0.394 e. The van der Waals surface area contributed by atoms with E-state index in [-0.39, 0.29) is 11.3 Å². The van der Waals surface area contributed by atoms with Gasteiger partial charge in [0.1, 0.15) is 5.82 Å². The molecule has 0 fully saturated rings. The van der Waals surface area contributed by atoms with Crippen molar-refractivity contribution in [2.75, 3.05) is 12.8 Å². The lowest BCUT2D eigenvalue weighted by Gasteiger charge is -2.04. The molecular weight excluding hydrogens is 269 g/mol. The van der Waals surface area contributed by atoms with Crippen molar-refractivity contribution in [3.63, 3.8) is 0 Å². The Bertz CT molecular complexity index is 511. The van der Waals surface area contributed by atoms with Gasteiger partial charge in [0.25, 0.3) is 0 Å². The Morgan fingerprint density at radius 2 is 1.83 bits per heavy atom.